The van der Waals surface area contributed by atoms with Crippen molar-refractivity contribution in [1.82, 2.24) is 25.2 Å². The van der Waals surface area contributed by atoms with Crippen molar-refractivity contribution in [3.8, 4) is 6.07 Å². The lowest BCUT2D eigenvalue weighted by atomic mass is 9.62. The second kappa shape index (κ2) is 9.43. The molecule has 10 heteroatoms. The Hall–Kier alpha value is -3.64. The van der Waals surface area contributed by atoms with E-state index < -0.39 is 5.41 Å². The van der Waals surface area contributed by atoms with Gasteiger partial charge in [-0.05, 0) is 62.9 Å². The zero-order valence-electron chi connectivity index (χ0n) is 20.3. The molecule has 9 nitrogen and oxygen atoms in total. The monoisotopic (exact) mass is 505 g/mol. The van der Waals surface area contributed by atoms with Gasteiger partial charge in [0.1, 0.15) is 5.82 Å². The van der Waals surface area contributed by atoms with Crippen LogP contribution < -0.4 is 15.5 Å². The van der Waals surface area contributed by atoms with Gasteiger partial charge in [-0.3, -0.25) is 9.78 Å². The summed E-state index contributed by atoms with van der Waals surface area (Å²) in [7, 11) is 0. The zero-order chi connectivity index (χ0) is 25.4. The standard InChI is InChI=1S/C26H28ClN7O2/c1-16(2)30-25(36)31-18-12-26(13-18)19-7-9-29-14-22(19)34(24(26)35)15-23-32-20-11-17(27)5-6-21(20)33(23)10-4-3-8-28/h5-7,9,11,14,16,18H,3-4,10,12-13,15H2,1-2H3,(H2,30,31,36)/t18-,26+. The number of pyridine rings is 1. The fourth-order valence-electron chi connectivity index (χ4n) is 5.39. The number of halogens is 1. The first kappa shape index (κ1) is 24.1. The molecule has 3 amide bonds. The molecule has 2 aromatic heterocycles. The summed E-state index contributed by atoms with van der Waals surface area (Å²) in [5.74, 6) is 0.734. The number of amides is 3. The second-order valence-corrected chi connectivity index (χ2v) is 10.3. The van der Waals surface area contributed by atoms with Gasteiger partial charge < -0.3 is 20.1 Å². The van der Waals surface area contributed by atoms with Crippen LogP contribution in [0.15, 0.2) is 36.7 Å². The number of aromatic nitrogens is 3. The molecule has 5 rings (SSSR count). The number of imidazole rings is 1. The van der Waals surface area contributed by atoms with Crippen molar-refractivity contribution in [2.24, 2.45) is 0 Å². The van der Waals surface area contributed by atoms with Crippen molar-refractivity contribution < 1.29 is 9.59 Å². The minimum atomic E-state index is -0.672. The zero-order valence-corrected chi connectivity index (χ0v) is 21.0. The normalized spacial score (nSPS) is 20.5. The number of rotatable bonds is 7. The lowest BCUT2D eigenvalue weighted by Gasteiger charge is -2.44. The van der Waals surface area contributed by atoms with E-state index >= 15 is 0 Å². The van der Waals surface area contributed by atoms with Crippen LogP contribution in [-0.2, 0) is 23.3 Å². The number of fused-ring (bicyclic) bond motifs is 3. The first-order valence-corrected chi connectivity index (χ1v) is 12.6. The van der Waals surface area contributed by atoms with E-state index in [0.717, 1.165) is 28.1 Å². The summed E-state index contributed by atoms with van der Waals surface area (Å²) in [5.41, 5.74) is 2.73. The van der Waals surface area contributed by atoms with Crippen LogP contribution >= 0.6 is 11.6 Å². The number of nitrogens with zero attached hydrogens (tertiary/aromatic N) is 5. The largest absolute Gasteiger partial charge is 0.336 e. The van der Waals surface area contributed by atoms with Gasteiger partial charge in [0.2, 0.25) is 5.91 Å². The first-order valence-electron chi connectivity index (χ1n) is 12.2. The number of anilines is 1. The quantitative estimate of drug-likeness (QED) is 0.470. The Kier molecular flexibility index (Phi) is 6.31. The number of aryl methyl sites for hydroxylation is 1. The third-order valence-electron chi connectivity index (χ3n) is 6.96. The minimum Gasteiger partial charge on any atom is -0.336 e. The molecule has 0 saturated heterocycles. The van der Waals surface area contributed by atoms with E-state index in [-0.39, 0.29) is 30.6 Å². The number of carbonyl (C=O) groups excluding carboxylic acids is 2. The van der Waals surface area contributed by atoms with Gasteiger partial charge in [-0.25, -0.2) is 9.78 Å². The molecule has 1 aliphatic heterocycles. The number of nitriles is 1. The third kappa shape index (κ3) is 4.16. The minimum absolute atomic E-state index is 0.00137. The van der Waals surface area contributed by atoms with Crippen LogP contribution in [-0.4, -0.2) is 38.6 Å². The van der Waals surface area contributed by atoms with Crippen LogP contribution in [0.5, 0.6) is 0 Å². The van der Waals surface area contributed by atoms with Crippen LogP contribution in [0.4, 0.5) is 10.5 Å². The first-order chi connectivity index (χ1) is 17.3. The van der Waals surface area contributed by atoms with Crippen LogP contribution in [0.2, 0.25) is 5.02 Å². The molecule has 0 radical (unpaired) electrons. The SMILES string of the molecule is CC(C)NC(=O)N[C@H]1C[C@]2(C1)C(=O)N(Cc1nc3cc(Cl)ccc3n1CCCC#N)c1cnccc12. The van der Waals surface area contributed by atoms with Gasteiger partial charge in [0, 0.05) is 36.3 Å². The van der Waals surface area contributed by atoms with Crippen molar-refractivity contribution in [1.29, 1.82) is 5.26 Å². The van der Waals surface area contributed by atoms with Crippen molar-refractivity contribution in [2.45, 2.75) is 70.1 Å². The predicted octanol–water partition coefficient (Wildman–Crippen LogP) is 4.04. The second-order valence-electron chi connectivity index (χ2n) is 9.82. The Morgan fingerprint density at radius 3 is 2.89 bits per heavy atom. The van der Waals surface area contributed by atoms with Gasteiger partial charge in [-0.1, -0.05) is 11.6 Å². The van der Waals surface area contributed by atoms with Gasteiger partial charge in [0.15, 0.2) is 0 Å². The summed E-state index contributed by atoms with van der Waals surface area (Å²) in [6, 6.07) is 9.41. The molecule has 1 fully saturated rings. The predicted molar refractivity (Wildman–Crippen MR) is 137 cm³/mol. The molecular weight excluding hydrogens is 478 g/mol. The molecule has 3 heterocycles. The van der Waals surface area contributed by atoms with Gasteiger partial charge in [0.25, 0.3) is 0 Å². The molecule has 3 aromatic rings. The van der Waals surface area contributed by atoms with Crippen molar-refractivity contribution in [2.75, 3.05) is 4.90 Å². The molecule has 1 aromatic carbocycles. The van der Waals surface area contributed by atoms with E-state index in [9.17, 15) is 9.59 Å². The highest BCUT2D eigenvalue weighted by Gasteiger charge is 2.58. The maximum Gasteiger partial charge on any atom is 0.315 e. The molecule has 186 valence electrons. The molecule has 2 aliphatic rings. The average Bonchev–Trinajstić information content (AvgIpc) is 3.26. The summed E-state index contributed by atoms with van der Waals surface area (Å²) in [5, 5.41) is 15.4. The van der Waals surface area contributed by atoms with Gasteiger partial charge in [-0.2, -0.15) is 5.26 Å². The highest BCUT2D eigenvalue weighted by Crippen LogP contribution is 2.53. The summed E-state index contributed by atoms with van der Waals surface area (Å²) in [4.78, 5) is 36.9. The van der Waals surface area contributed by atoms with Gasteiger partial charge in [-0.15, -0.1) is 0 Å². The van der Waals surface area contributed by atoms with Crippen molar-refractivity contribution in [3.63, 3.8) is 0 Å². The molecular formula is C26H28ClN7O2. The van der Waals surface area contributed by atoms with E-state index in [2.05, 4.69) is 26.3 Å². The van der Waals surface area contributed by atoms with E-state index in [1.54, 1.807) is 17.3 Å². The topological polar surface area (TPSA) is 116 Å². The molecule has 1 saturated carbocycles. The lowest BCUT2D eigenvalue weighted by Crippen LogP contribution is -2.59. The number of unbranched alkanes of at least 4 members (excludes halogenated alkanes) is 1. The summed E-state index contributed by atoms with van der Waals surface area (Å²) in [6.07, 6.45) is 5.64. The number of urea groups is 1. The molecule has 1 spiro atoms. The summed E-state index contributed by atoms with van der Waals surface area (Å²) >= 11 is 6.21. The molecule has 0 unspecified atom stereocenters. The van der Waals surface area contributed by atoms with Crippen LogP contribution in [0.25, 0.3) is 11.0 Å². The summed E-state index contributed by atoms with van der Waals surface area (Å²) in [6.45, 7) is 4.71. The summed E-state index contributed by atoms with van der Waals surface area (Å²) < 4.78 is 2.07. The van der Waals surface area contributed by atoms with Crippen LogP contribution in [0.3, 0.4) is 0 Å². The lowest BCUT2D eigenvalue weighted by molar-refractivity contribution is -0.127. The van der Waals surface area contributed by atoms with E-state index in [1.807, 2.05) is 38.1 Å². The fourth-order valence-corrected chi connectivity index (χ4v) is 5.56. The average molecular weight is 506 g/mol. The van der Waals surface area contributed by atoms with E-state index in [0.29, 0.717) is 37.3 Å². The Bertz CT molecular complexity index is 1370. The molecule has 0 atom stereocenters. The third-order valence-corrected chi connectivity index (χ3v) is 7.20. The van der Waals surface area contributed by atoms with Crippen molar-refractivity contribution in [3.05, 3.63) is 53.1 Å². The molecule has 2 N–H and O–H groups in total. The highest BCUT2D eigenvalue weighted by molar-refractivity contribution is 6.31. The number of carbonyl (C=O) groups is 2. The number of hydrogen-bond donors (Lipinski definition) is 2. The number of benzene rings is 1. The smallest absolute Gasteiger partial charge is 0.315 e. The Morgan fingerprint density at radius 1 is 1.33 bits per heavy atom. The number of hydrogen-bond acceptors (Lipinski definition) is 5. The fraction of sp³-hybridized carbons (Fsp3) is 0.423. The Morgan fingerprint density at radius 2 is 2.14 bits per heavy atom. The van der Waals surface area contributed by atoms with Crippen LogP contribution in [0, 0.1) is 11.3 Å². The maximum absolute atomic E-state index is 13.9. The maximum atomic E-state index is 13.9. The van der Waals surface area contributed by atoms with Crippen molar-refractivity contribution >= 4 is 40.3 Å². The van der Waals surface area contributed by atoms with E-state index in [1.165, 1.54) is 0 Å². The number of nitrogens with one attached hydrogen (secondary N) is 2. The molecule has 0 bridgehead atoms. The van der Waals surface area contributed by atoms with Gasteiger partial charge in [0.05, 0.1) is 40.9 Å². The van der Waals surface area contributed by atoms with Gasteiger partial charge >= 0.3 is 6.03 Å². The molecule has 1 aliphatic carbocycles. The Balaban J connectivity index is 1.43. The van der Waals surface area contributed by atoms with Crippen LogP contribution in [0.1, 0.15) is 50.9 Å². The highest BCUT2D eigenvalue weighted by atomic mass is 35.5. The van der Waals surface area contributed by atoms with E-state index in [4.69, 9.17) is 21.8 Å². The molecule has 36 heavy (non-hydrogen) atoms. The Labute approximate surface area is 214 Å².